The van der Waals surface area contributed by atoms with E-state index in [4.69, 9.17) is 9.47 Å². The van der Waals surface area contributed by atoms with Gasteiger partial charge < -0.3 is 24.2 Å². The molecule has 3 aromatic rings. The highest BCUT2D eigenvalue weighted by molar-refractivity contribution is 5.60. The van der Waals surface area contributed by atoms with Crippen molar-refractivity contribution in [1.82, 2.24) is 0 Å². The molecular formula is C33H45N3O2. The van der Waals surface area contributed by atoms with Crippen LogP contribution in [-0.2, 0) is 5.41 Å². The molecule has 0 amide bonds. The first-order valence-electron chi connectivity index (χ1n) is 13.6. The Balaban J connectivity index is 1.61. The van der Waals surface area contributed by atoms with Gasteiger partial charge in [-0.05, 0) is 113 Å². The van der Waals surface area contributed by atoms with Gasteiger partial charge in [-0.15, -0.1) is 0 Å². The Morgan fingerprint density at radius 3 is 1.00 bits per heavy atom. The van der Waals surface area contributed by atoms with Gasteiger partial charge in [-0.1, -0.05) is 32.9 Å². The number of nitrogens with zero attached hydrogens (tertiary/aromatic N) is 3. The van der Waals surface area contributed by atoms with Gasteiger partial charge in [0.25, 0.3) is 0 Å². The van der Waals surface area contributed by atoms with Crippen molar-refractivity contribution in [3.05, 3.63) is 78.4 Å². The largest absolute Gasteiger partial charge is 0.488 e. The minimum absolute atomic E-state index is 0.131. The Hall–Kier alpha value is -3.34. The number of benzene rings is 3. The molecule has 5 nitrogen and oxygen atoms in total. The molecule has 0 spiro atoms. The molecule has 0 saturated carbocycles. The molecule has 1 aliphatic rings. The zero-order chi connectivity index (χ0) is 27.7. The molecule has 0 aromatic heterocycles. The Morgan fingerprint density at radius 1 is 0.447 bits per heavy atom. The highest BCUT2D eigenvalue weighted by Crippen LogP contribution is 2.31. The summed E-state index contributed by atoms with van der Waals surface area (Å²) >= 11 is 0. The second-order valence-electron chi connectivity index (χ2n) is 13.3. The molecule has 1 aliphatic heterocycles. The predicted molar refractivity (Wildman–Crippen MR) is 161 cm³/mol. The number of ether oxygens (including phenoxy) is 2. The molecule has 1 saturated heterocycles. The zero-order valence-corrected chi connectivity index (χ0v) is 24.7. The lowest BCUT2D eigenvalue weighted by Crippen LogP contribution is -2.55. The topological polar surface area (TPSA) is 28.2 Å². The summed E-state index contributed by atoms with van der Waals surface area (Å²) in [7, 11) is 0. The van der Waals surface area contributed by atoms with Gasteiger partial charge in [0.05, 0.1) is 20.0 Å². The molecule has 0 N–H and O–H groups in total. The van der Waals surface area contributed by atoms with Crippen molar-refractivity contribution < 1.29 is 9.47 Å². The predicted octanol–water partition coefficient (Wildman–Crippen LogP) is 8.04. The second-order valence-corrected chi connectivity index (χ2v) is 13.3. The lowest BCUT2D eigenvalue weighted by Gasteiger charge is -2.45. The maximum Gasteiger partial charge on any atom is 0.120 e. The molecule has 1 heterocycles. The normalized spacial score (nSPS) is 15.0. The van der Waals surface area contributed by atoms with Gasteiger partial charge >= 0.3 is 0 Å². The molecule has 0 atom stereocenters. The lowest BCUT2D eigenvalue weighted by atomic mass is 9.87. The van der Waals surface area contributed by atoms with E-state index in [9.17, 15) is 0 Å². The molecule has 4 rings (SSSR count). The van der Waals surface area contributed by atoms with Crippen LogP contribution in [0.15, 0.2) is 72.8 Å². The summed E-state index contributed by atoms with van der Waals surface area (Å²) in [5.74, 6) is 1.78. The smallest absolute Gasteiger partial charge is 0.120 e. The third-order valence-corrected chi connectivity index (χ3v) is 6.37. The summed E-state index contributed by atoms with van der Waals surface area (Å²) in [4.78, 5) is 7.23. The highest BCUT2D eigenvalue weighted by Gasteiger charge is 2.25. The molecule has 38 heavy (non-hydrogen) atoms. The third kappa shape index (κ3) is 7.37. The number of hydrogen-bond donors (Lipinski definition) is 0. The highest BCUT2D eigenvalue weighted by atomic mass is 16.5. The van der Waals surface area contributed by atoms with Crippen LogP contribution >= 0.6 is 0 Å². The molecule has 204 valence electrons. The van der Waals surface area contributed by atoms with E-state index in [1.54, 1.807) is 0 Å². The summed E-state index contributed by atoms with van der Waals surface area (Å²) in [6.45, 7) is 21.6. The molecular weight excluding hydrogens is 470 g/mol. The van der Waals surface area contributed by atoms with Crippen LogP contribution in [0.25, 0.3) is 0 Å². The van der Waals surface area contributed by atoms with Gasteiger partial charge in [0.15, 0.2) is 0 Å². The SMILES string of the molecule is CC(C)(C)Oc1ccc(N2CN(c3ccc(OC(C)(C)C)cc3)CN(c3ccc(C(C)(C)C)cc3)C2)cc1. The fourth-order valence-corrected chi connectivity index (χ4v) is 4.57. The molecule has 0 radical (unpaired) electrons. The van der Waals surface area contributed by atoms with Crippen LogP contribution in [0.2, 0.25) is 0 Å². The molecule has 0 aliphatic carbocycles. The standard InChI is InChI=1S/C33H45N3O2/c1-31(2,3)25-10-12-26(13-11-25)34-22-35(27-14-18-29(19-15-27)37-32(4,5)6)24-36(23-34)28-16-20-30(21-17-28)38-33(7,8)9/h10-21H,22-24H2,1-9H3. The van der Waals surface area contributed by atoms with E-state index in [0.717, 1.165) is 31.5 Å². The van der Waals surface area contributed by atoms with E-state index in [1.807, 2.05) is 0 Å². The van der Waals surface area contributed by atoms with Gasteiger partial charge in [0.2, 0.25) is 0 Å². The average molecular weight is 516 g/mol. The lowest BCUT2D eigenvalue weighted by molar-refractivity contribution is 0.130. The van der Waals surface area contributed by atoms with Crippen LogP contribution in [-0.4, -0.2) is 31.2 Å². The van der Waals surface area contributed by atoms with Crippen LogP contribution in [0.4, 0.5) is 17.1 Å². The van der Waals surface area contributed by atoms with Gasteiger partial charge in [0.1, 0.15) is 22.7 Å². The first kappa shape index (κ1) is 27.7. The van der Waals surface area contributed by atoms with Crippen molar-refractivity contribution in [2.24, 2.45) is 0 Å². The summed E-state index contributed by atoms with van der Waals surface area (Å²) in [6.07, 6.45) is 0. The quantitative estimate of drug-likeness (QED) is 0.343. The van der Waals surface area contributed by atoms with E-state index >= 15 is 0 Å². The fraction of sp³-hybridized carbons (Fsp3) is 0.455. The first-order valence-corrected chi connectivity index (χ1v) is 13.6. The van der Waals surface area contributed by atoms with E-state index in [0.29, 0.717) is 0 Å². The third-order valence-electron chi connectivity index (χ3n) is 6.37. The molecule has 0 unspecified atom stereocenters. The second kappa shape index (κ2) is 10.4. The Kier molecular flexibility index (Phi) is 7.60. The van der Waals surface area contributed by atoms with E-state index in [-0.39, 0.29) is 16.6 Å². The monoisotopic (exact) mass is 515 g/mol. The van der Waals surface area contributed by atoms with Crippen molar-refractivity contribution >= 4 is 17.1 Å². The van der Waals surface area contributed by atoms with Crippen molar-refractivity contribution in [2.45, 2.75) is 78.9 Å². The maximum absolute atomic E-state index is 6.06. The van der Waals surface area contributed by atoms with Crippen LogP contribution in [0, 0.1) is 0 Å². The summed E-state index contributed by atoms with van der Waals surface area (Å²) in [5.41, 5.74) is 4.58. The van der Waals surface area contributed by atoms with Crippen molar-refractivity contribution in [2.75, 3.05) is 34.7 Å². The summed E-state index contributed by atoms with van der Waals surface area (Å²) in [5, 5.41) is 0. The molecule has 3 aromatic carbocycles. The Morgan fingerprint density at radius 2 is 0.737 bits per heavy atom. The number of hydrogen-bond acceptors (Lipinski definition) is 5. The molecule has 0 bridgehead atoms. The van der Waals surface area contributed by atoms with Gasteiger partial charge in [-0.25, -0.2) is 0 Å². The van der Waals surface area contributed by atoms with Crippen LogP contribution in [0.1, 0.15) is 67.9 Å². The van der Waals surface area contributed by atoms with Crippen molar-refractivity contribution in [1.29, 1.82) is 0 Å². The van der Waals surface area contributed by atoms with Crippen molar-refractivity contribution in [3.63, 3.8) is 0 Å². The number of rotatable bonds is 5. The summed E-state index contributed by atoms with van der Waals surface area (Å²) < 4.78 is 12.1. The first-order chi connectivity index (χ1) is 17.7. The van der Waals surface area contributed by atoms with E-state index < -0.39 is 0 Å². The zero-order valence-electron chi connectivity index (χ0n) is 24.7. The van der Waals surface area contributed by atoms with Gasteiger partial charge in [-0.3, -0.25) is 0 Å². The fourth-order valence-electron chi connectivity index (χ4n) is 4.57. The maximum atomic E-state index is 6.06. The van der Waals surface area contributed by atoms with E-state index in [2.05, 4.69) is 150 Å². The summed E-state index contributed by atoms with van der Waals surface area (Å²) in [6, 6.07) is 25.9. The molecule has 5 heteroatoms. The van der Waals surface area contributed by atoms with Crippen LogP contribution < -0.4 is 24.2 Å². The van der Waals surface area contributed by atoms with E-state index in [1.165, 1.54) is 22.6 Å². The van der Waals surface area contributed by atoms with Crippen LogP contribution in [0.5, 0.6) is 11.5 Å². The van der Waals surface area contributed by atoms with Gasteiger partial charge in [-0.2, -0.15) is 0 Å². The Bertz CT molecular complexity index is 1110. The van der Waals surface area contributed by atoms with Crippen LogP contribution in [0.3, 0.4) is 0 Å². The minimum Gasteiger partial charge on any atom is -0.488 e. The molecule has 1 fully saturated rings. The Labute approximate surface area is 230 Å². The number of anilines is 3. The van der Waals surface area contributed by atoms with Gasteiger partial charge in [0, 0.05) is 17.1 Å². The average Bonchev–Trinajstić information content (AvgIpc) is 2.82. The van der Waals surface area contributed by atoms with Crippen molar-refractivity contribution in [3.8, 4) is 11.5 Å². The minimum atomic E-state index is -0.220.